The van der Waals surface area contributed by atoms with Crippen LogP contribution in [0.3, 0.4) is 0 Å². The number of aliphatic imine (C=N–C) groups is 2. The molecule has 0 N–H and O–H groups in total. The molecule has 0 unspecified atom stereocenters. The third-order valence-corrected chi connectivity index (χ3v) is 4.38. The Balaban J connectivity index is 3.70. The number of aldehydes is 1. The lowest BCUT2D eigenvalue weighted by atomic mass is 9.84. The van der Waals surface area contributed by atoms with Gasteiger partial charge >= 0.3 is 0 Å². The summed E-state index contributed by atoms with van der Waals surface area (Å²) in [6, 6.07) is 0. The lowest BCUT2D eigenvalue weighted by molar-refractivity contribution is -0.104. The number of carbonyl (C=O) groups excluding carboxylic acids is 1. The summed E-state index contributed by atoms with van der Waals surface area (Å²) in [6.45, 7) is 11.2. The molecule has 0 aromatic heterocycles. The summed E-state index contributed by atoms with van der Waals surface area (Å²) in [4.78, 5) is 19.2. The van der Waals surface area contributed by atoms with Crippen molar-refractivity contribution in [2.24, 2.45) is 9.98 Å². The molecular formula is C26H30N2O2. The van der Waals surface area contributed by atoms with Crippen molar-refractivity contribution in [1.82, 2.24) is 0 Å². The molecule has 0 bridgehead atoms. The zero-order valence-electron chi connectivity index (χ0n) is 18.3. The first-order valence-electron chi connectivity index (χ1n) is 9.61. The molecular weight excluding hydrogens is 372 g/mol. The van der Waals surface area contributed by atoms with Crippen LogP contribution in [0.25, 0.3) is 0 Å². The van der Waals surface area contributed by atoms with Crippen LogP contribution >= 0.6 is 0 Å². The summed E-state index contributed by atoms with van der Waals surface area (Å²) >= 11 is 0. The molecule has 0 saturated carbocycles. The first-order valence-corrected chi connectivity index (χ1v) is 9.61. The fraction of sp³-hybridized carbons (Fsp3) is 0.192. The van der Waals surface area contributed by atoms with Crippen molar-refractivity contribution in [1.29, 1.82) is 0 Å². The summed E-state index contributed by atoms with van der Waals surface area (Å²) in [5.41, 5.74) is 5.69. The fourth-order valence-electron chi connectivity index (χ4n) is 2.90. The minimum Gasteiger partial charge on any atom is -0.501 e. The summed E-state index contributed by atoms with van der Waals surface area (Å²) in [7, 11) is 3.39. The maximum absolute atomic E-state index is 10.7. The van der Waals surface area contributed by atoms with E-state index < -0.39 is 0 Å². The first kappa shape index (κ1) is 24.5. The van der Waals surface area contributed by atoms with Crippen molar-refractivity contribution in [3.8, 4) is 0 Å². The Bertz CT molecular complexity index is 930. The number of hydrogen-bond acceptors (Lipinski definition) is 4. The van der Waals surface area contributed by atoms with Gasteiger partial charge in [-0.15, -0.1) is 0 Å². The molecule has 0 radical (unpaired) electrons. The molecule has 30 heavy (non-hydrogen) atoms. The normalized spacial score (nSPS) is 18.7. The van der Waals surface area contributed by atoms with Crippen molar-refractivity contribution < 1.29 is 9.53 Å². The van der Waals surface area contributed by atoms with E-state index in [1.807, 2.05) is 38.2 Å². The Hall–Kier alpha value is -3.53. The number of nitrogens with zero attached hydrogens (tertiary/aromatic N) is 2. The fourth-order valence-corrected chi connectivity index (χ4v) is 2.90. The van der Waals surface area contributed by atoms with Crippen molar-refractivity contribution in [3.05, 3.63) is 107 Å². The molecule has 0 atom stereocenters. The summed E-state index contributed by atoms with van der Waals surface area (Å²) < 4.78 is 5.34. The Kier molecular flexibility index (Phi) is 11.1. The summed E-state index contributed by atoms with van der Waals surface area (Å²) in [5, 5.41) is 0. The van der Waals surface area contributed by atoms with Crippen LogP contribution in [0.5, 0.6) is 0 Å². The number of rotatable bonds is 10. The van der Waals surface area contributed by atoms with E-state index in [1.165, 1.54) is 6.08 Å². The molecule has 0 spiro atoms. The standard InChI is InChI=1S/C26H30N2O2/c1-7-9-10-13-21(8-2)25-18-23(17-24(19-27-4)26(25)28-5)22(14-11-12-15-29)16-20(3)30-6/h7-12,14-19H,1,4,13H2,2-3,5-6H3/b10-9-,12-11+,20-16+,21-8+,22-14+,24-19-,28-26+. The Morgan fingerprint density at radius 2 is 2.00 bits per heavy atom. The summed E-state index contributed by atoms with van der Waals surface area (Å²) in [6.07, 6.45) is 22.1. The molecule has 0 fully saturated rings. The van der Waals surface area contributed by atoms with Crippen LogP contribution in [0.2, 0.25) is 0 Å². The average Bonchev–Trinajstić information content (AvgIpc) is 2.75. The van der Waals surface area contributed by atoms with E-state index in [-0.39, 0.29) is 0 Å². The van der Waals surface area contributed by atoms with Crippen LogP contribution in [0, 0.1) is 0 Å². The largest absolute Gasteiger partial charge is 0.501 e. The highest BCUT2D eigenvalue weighted by Gasteiger charge is 2.20. The maximum atomic E-state index is 10.7. The average molecular weight is 403 g/mol. The van der Waals surface area contributed by atoms with Crippen molar-refractivity contribution >= 4 is 18.7 Å². The van der Waals surface area contributed by atoms with Gasteiger partial charge in [0.2, 0.25) is 0 Å². The van der Waals surface area contributed by atoms with E-state index in [2.05, 4.69) is 41.5 Å². The molecule has 0 aromatic rings. The SMILES string of the molecule is C=C/C=C\C/C(=C\C)C1=CC(C(/C=C(\C)OC)=C/C=C/C=O)=CC(=C/N=C)/C1=N\C. The third kappa shape index (κ3) is 7.13. The number of hydrogen-bond donors (Lipinski definition) is 0. The van der Waals surface area contributed by atoms with Crippen LogP contribution in [0.1, 0.15) is 20.3 Å². The van der Waals surface area contributed by atoms with E-state index in [0.717, 1.165) is 52.0 Å². The van der Waals surface area contributed by atoms with Gasteiger partial charge in [-0.2, -0.15) is 0 Å². The molecule has 0 heterocycles. The smallest absolute Gasteiger partial charge is 0.142 e. The van der Waals surface area contributed by atoms with Gasteiger partial charge in [0.15, 0.2) is 0 Å². The Labute approximate surface area is 180 Å². The summed E-state index contributed by atoms with van der Waals surface area (Å²) in [5.74, 6) is 0.749. The van der Waals surface area contributed by atoms with Gasteiger partial charge in [-0.05, 0) is 68.0 Å². The second-order valence-corrected chi connectivity index (χ2v) is 6.28. The van der Waals surface area contributed by atoms with E-state index in [4.69, 9.17) is 4.74 Å². The number of carbonyl (C=O) groups is 1. The topological polar surface area (TPSA) is 51.0 Å². The monoisotopic (exact) mass is 402 g/mol. The third-order valence-electron chi connectivity index (χ3n) is 4.38. The molecule has 0 amide bonds. The number of ether oxygens (including phenoxy) is 1. The lowest BCUT2D eigenvalue weighted by Gasteiger charge is -2.21. The molecule has 156 valence electrons. The minimum atomic E-state index is 0.743. The van der Waals surface area contributed by atoms with Crippen LogP contribution in [-0.2, 0) is 9.53 Å². The van der Waals surface area contributed by atoms with Gasteiger partial charge < -0.3 is 4.74 Å². The van der Waals surface area contributed by atoms with Crippen LogP contribution < -0.4 is 0 Å². The number of allylic oxidation sites excluding steroid dienone is 16. The van der Waals surface area contributed by atoms with Gasteiger partial charge in [-0.3, -0.25) is 14.8 Å². The Morgan fingerprint density at radius 3 is 2.57 bits per heavy atom. The predicted octanol–water partition coefficient (Wildman–Crippen LogP) is 5.82. The molecule has 1 aliphatic rings. The molecule has 1 rings (SSSR count). The molecule has 0 aromatic carbocycles. The molecule has 4 heteroatoms. The minimum absolute atomic E-state index is 0.743. The van der Waals surface area contributed by atoms with E-state index >= 15 is 0 Å². The maximum Gasteiger partial charge on any atom is 0.142 e. The van der Waals surface area contributed by atoms with Crippen LogP contribution in [-0.4, -0.2) is 32.9 Å². The van der Waals surface area contributed by atoms with Gasteiger partial charge in [0.25, 0.3) is 0 Å². The zero-order valence-corrected chi connectivity index (χ0v) is 18.3. The molecule has 0 saturated heterocycles. The molecule has 4 nitrogen and oxygen atoms in total. The first-order chi connectivity index (χ1) is 14.6. The van der Waals surface area contributed by atoms with Crippen molar-refractivity contribution in [2.45, 2.75) is 20.3 Å². The van der Waals surface area contributed by atoms with E-state index in [1.54, 1.807) is 32.5 Å². The van der Waals surface area contributed by atoms with Gasteiger partial charge in [-0.1, -0.05) is 43.0 Å². The van der Waals surface area contributed by atoms with Crippen LogP contribution in [0.4, 0.5) is 0 Å². The Morgan fingerprint density at radius 1 is 1.23 bits per heavy atom. The lowest BCUT2D eigenvalue weighted by Crippen LogP contribution is -2.13. The van der Waals surface area contributed by atoms with Gasteiger partial charge in [0.1, 0.15) is 6.29 Å². The van der Waals surface area contributed by atoms with E-state index in [0.29, 0.717) is 0 Å². The van der Waals surface area contributed by atoms with Crippen molar-refractivity contribution in [2.75, 3.05) is 14.2 Å². The van der Waals surface area contributed by atoms with Gasteiger partial charge in [0, 0.05) is 24.4 Å². The highest BCUT2D eigenvalue weighted by atomic mass is 16.5. The number of methoxy groups -OCH3 is 1. The highest BCUT2D eigenvalue weighted by Crippen LogP contribution is 2.31. The van der Waals surface area contributed by atoms with E-state index in [9.17, 15) is 4.79 Å². The second kappa shape index (κ2) is 13.6. The molecule has 1 aliphatic carbocycles. The van der Waals surface area contributed by atoms with Crippen molar-refractivity contribution in [3.63, 3.8) is 0 Å². The second-order valence-electron chi connectivity index (χ2n) is 6.28. The predicted molar refractivity (Wildman–Crippen MR) is 129 cm³/mol. The quantitative estimate of drug-likeness (QED) is 0.152. The highest BCUT2D eigenvalue weighted by molar-refractivity contribution is 6.18. The van der Waals surface area contributed by atoms with Gasteiger partial charge in [0.05, 0.1) is 18.6 Å². The molecule has 0 aliphatic heterocycles. The zero-order chi connectivity index (χ0) is 22.4. The van der Waals surface area contributed by atoms with Gasteiger partial charge in [-0.25, -0.2) is 0 Å². The van der Waals surface area contributed by atoms with Crippen LogP contribution in [0.15, 0.2) is 117 Å².